The zero-order valence-electron chi connectivity index (χ0n) is 14.7. The number of methoxy groups -OCH3 is 2. The minimum atomic E-state index is -0.636. The molecule has 0 aliphatic heterocycles. The Morgan fingerprint density at radius 3 is 2.68 bits per heavy atom. The molecule has 3 aromatic heterocycles. The third kappa shape index (κ3) is 3.45. The van der Waals surface area contributed by atoms with Gasteiger partial charge >= 0.3 is 5.76 Å². The molecule has 3 heterocycles. The van der Waals surface area contributed by atoms with E-state index in [9.17, 15) is 4.79 Å². The molecule has 0 saturated carbocycles. The van der Waals surface area contributed by atoms with Crippen molar-refractivity contribution in [2.24, 2.45) is 0 Å². The van der Waals surface area contributed by atoms with Crippen molar-refractivity contribution in [1.29, 1.82) is 0 Å². The van der Waals surface area contributed by atoms with Crippen molar-refractivity contribution in [2.45, 2.75) is 6.54 Å². The molecule has 0 radical (unpaired) electrons. The minimum Gasteiger partial charge on any atom is -0.493 e. The summed E-state index contributed by atoms with van der Waals surface area (Å²) in [5.74, 6) is 1.44. The summed E-state index contributed by atoms with van der Waals surface area (Å²) in [6, 6.07) is 7.06. The first-order chi connectivity index (χ1) is 13.6. The van der Waals surface area contributed by atoms with Crippen molar-refractivity contribution in [3.05, 3.63) is 50.6 Å². The van der Waals surface area contributed by atoms with Gasteiger partial charge in [-0.1, -0.05) is 10.3 Å². The number of nitrogens with zero attached hydrogens (tertiary/aromatic N) is 4. The van der Waals surface area contributed by atoms with E-state index in [0.29, 0.717) is 28.7 Å². The van der Waals surface area contributed by atoms with Gasteiger partial charge in [0.1, 0.15) is 6.54 Å². The lowest BCUT2D eigenvalue weighted by atomic mass is 10.2. The van der Waals surface area contributed by atoms with E-state index in [4.69, 9.17) is 18.5 Å². The van der Waals surface area contributed by atoms with Crippen molar-refractivity contribution in [2.75, 3.05) is 14.2 Å². The van der Waals surface area contributed by atoms with Gasteiger partial charge in [0.15, 0.2) is 17.3 Å². The van der Waals surface area contributed by atoms with Crippen LogP contribution in [0.4, 0.5) is 0 Å². The fraction of sp³-hybridized carbons (Fsp3) is 0.176. The number of halogens is 1. The Balaban J connectivity index is 1.66. The predicted molar refractivity (Wildman–Crippen MR) is 104 cm³/mol. The number of ether oxygens (including phenoxy) is 2. The molecule has 4 rings (SSSR count). The second kappa shape index (κ2) is 7.60. The minimum absolute atomic E-state index is 0.0194. The molecule has 0 unspecified atom stereocenters. The highest BCUT2D eigenvalue weighted by molar-refractivity contribution is 9.10. The Bertz CT molecular complexity index is 1180. The SMILES string of the molecule is COc1ccc(-c2noc(=O)n2Cc2nc(-c3cc(Br)cs3)no2)cc1OC. The number of rotatable bonds is 6. The first kappa shape index (κ1) is 18.4. The van der Waals surface area contributed by atoms with Crippen LogP contribution in [0.15, 0.2) is 48.0 Å². The second-order valence-electron chi connectivity index (χ2n) is 5.57. The van der Waals surface area contributed by atoms with E-state index in [2.05, 4.69) is 31.2 Å². The topological polar surface area (TPSA) is 105 Å². The van der Waals surface area contributed by atoms with Crippen LogP contribution in [0.25, 0.3) is 22.1 Å². The molecule has 0 bridgehead atoms. The third-order valence-corrected chi connectivity index (χ3v) is 5.56. The molecule has 28 heavy (non-hydrogen) atoms. The zero-order chi connectivity index (χ0) is 19.7. The van der Waals surface area contributed by atoms with Gasteiger partial charge in [0.2, 0.25) is 11.7 Å². The number of hydrogen-bond donors (Lipinski definition) is 0. The first-order valence-corrected chi connectivity index (χ1v) is 9.62. The summed E-state index contributed by atoms with van der Waals surface area (Å²) in [4.78, 5) is 17.3. The lowest BCUT2D eigenvalue weighted by molar-refractivity contribution is 0.354. The first-order valence-electron chi connectivity index (χ1n) is 7.95. The van der Waals surface area contributed by atoms with Crippen LogP contribution in [0.2, 0.25) is 0 Å². The van der Waals surface area contributed by atoms with Crippen LogP contribution in [-0.4, -0.2) is 34.1 Å². The highest BCUT2D eigenvalue weighted by Crippen LogP contribution is 2.32. The van der Waals surface area contributed by atoms with Crippen LogP contribution in [0.3, 0.4) is 0 Å². The van der Waals surface area contributed by atoms with E-state index in [-0.39, 0.29) is 12.4 Å². The van der Waals surface area contributed by atoms with E-state index < -0.39 is 5.76 Å². The van der Waals surface area contributed by atoms with Gasteiger partial charge in [0, 0.05) is 15.4 Å². The van der Waals surface area contributed by atoms with Crippen LogP contribution in [0.5, 0.6) is 11.5 Å². The Morgan fingerprint density at radius 2 is 1.96 bits per heavy atom. The molecule has 9 nitrogen and oxygen atoms in total. The van der Waals surface area contributed by atoms with Crippen molar-refractivity contribution >= 4 is 27.3 Å². The van der Waals surface area contributed by atoms with Gasteiger partial charge in [0.05, 0.1) is 19.1 Å². The molecular weight excluding hydrogens is 452 g/mol. The smallest absolute Gasteiger partial charge is 0.442 e. The Morgan fingerprint density at radius 1 is 1.14 bits per heavy atom. The Kier molecular flexibility index (Phi) is 5.01. The van der Waals surface area contributed by atoms with Gasteiger partial charge < -0.3 is 14.0 Å². The lowest BCUT2D eigenvalue weighted by Crippen LogP contribution is -2.16. The normalized spacial score (nSPS) is 11.0. The molecular formula is C17H13BrN4O5S. The summed E-state index contributed by atoms with van der Waals surface area (Å²) >= 11 is 4.87. The van der Waals surface area contributed by atoms with Crippen molar-refractivity contribution in [3.8, 4) is 33.6 Å². The molecule has 0 N–H and O–H groups in total. The number of aromatic nitrogens is 4. The largest absolute Gasteiger partial charge is 0.493 e. The molecule has 0 aliphatic carbocycles. The van der Waals surface area contributed by atoms with Gasteiger partial charge in [-0.2, -0.15) is 4.98 Å². The molecule has 144 valence electrons. The van der Waals surface area contributed by atoms with E-state index in [0.717, 1.165) is 9.35 Å². The van der Waals surface area contributed by atoms with E-state index >= 15 is 0 Å². The number of thiophene rings is 1. The summed E-state index contributed by atoms with van der Waals surface area (Å²) in [5, 5.41) is 9.75. The van der Waals surface area contributed by atoms with Crippen LogP contribution in [0, 0.1) is 0 Å². The highest BCUT2D eigenvalue weighted by Gasteiger charge is 2.19. The molecule has 1 aromatic carbocycles. The lowest BCUT2D eigenvalue weighted by Gasteiger charge is -2.09. The fourth-order valence-electron chi connectivity index (χ4n) is 2.58. The van der Waals surface area contributed by atoms with Crippen molar-refractivity contribution in [1.82, 2.24) is 19.9 Å². The maximum Gasteiger partial charge on any atom is 0.442 e. The summed E-state index contributed by atoms with van der Waals surface area (Å²) in [7, 11) is 3.07. The van der Waals surface area contributed by atoms with Gasteiger partial charge in [-0.3, -0.25) is 4.52 Å². The molecule has 0 spiro atoms. The van der Waals surface area contributed by atoms with E-state index in [1.165, 1.54) is 23.0 Å². The highest BCUT2D eigenvalue weighted by atomic mass is 79.9. The maximum absolute atomic E-state index is 12.2. The van der Waals surface area contributed by atoms with Crippen molar-refractivity contribution in [3.63, 3.8) is 0 Å². The van der Waals surface area contributed by atoms with Crippen LogP contribution < -0.4 is 15.2 Å². The van der Waals surface area contributed by atoms with Gasteiger partial charge in [-0.05, 0) is 40.2 Å². The molecule has 0 aliphatic rings. The molecule has 0 saturated heterocycles. The fourth-order valence-corrected chi connectivity index (χ4v) is 3.93. The average Bonchev–Trinajstić information content (AvgIpc) is 3.43. The van der Waals surface area contributed by atoms with Crippen molar-refractivity contribution < 1.29 is 18.5 Å². The van der Waals surface area contributed by atoms with Gasteiger partial charge in [-0.15, -0.1) is 11.3 Å². The summed E-state index contributed by atoms with van der Waals surface area (Å²) in [6.45, 7) is 0.0194. The Hall–Kier alpha value is -2.92. The molecule has 0 amide bonds. The summed E-state index contributed by atoms with van der Waals surface area (Å²) in [6.07, 6.45) is 0. The number of hydrogen-bond acceptors (Lipinski definition) is 9. The molecule has 0 atom stereocenters. The monoisotopic (exact) mass is 464 g/mol. The van der Waals surface area contributed by atoms with Crippen LogP contribution >= 0.6 is 27.3 Å². The van der Waals surface area contributed by atoms with E-state index in [1.54, 1.807) is 25.3 Å². The predicted octanol–water partition coefficient (Wildman–Crippen LogP) is 3.44. The second-order valence-corrected chi connectivity index (χ2v) is 7.40. The molecule has 11 heteroatoms. The molecule has 0 fully saturated rings. The summed E-state index contributed by atoms with van der Waals surface area (Å²) in [5.41, 5.74) is 0.616. The summed E-state index contributed by atoms with van der Waals surface area (Å²) < 4.78 is 22.9. The third-order valence-electron chi connectivity index (χ3n) is 3.88. The molecule has 4 aromatic rings. The number of benzene rings is 1. The zero-order valence-corrected chi connectivity index (χ0v) is 17.1. The van der Waals surface area contributed by atoms with Gasteiger partial charge in [0.25, 0.3) is 0 Å². The van der Waals surface area contributed by atoms with E-state index in [1.807, 2.05) is 11.4 Å². The van der Waals surface area contributed by atoms with Gasteiger partial charge in [-0.25, -0.2) is 9.36 Å². The Labute approximate surface area is 170 Å². The standard InChI is InChI=1S/C17H13BrN4O5S/c1-24-11-4-3-9(5-12(11)25-2)16-21-27-17(23)22(16)7-14-19-15(20-26-14)13-6-10(18)8-28-13/h3-6,8H,7H2,1-2H3. The quantitative estimate of drug-likeness (QED) is 0.427. The average molecular weight is 465 g/mol. The van der Waals surface area contributed by atoms with Crippen LogP contribution in [-0.2, 0) is 6.54 Å². The van der Waals surface area contributed by atoms with Crippen LogP contribution in [0.1, 0.15) is 5.89 Å². The maximum atomic E-state index is 12.2.